The molecule has 1 saturated heterocycles. The van der Waals surface area contributed by atoms with Crippen molar-refractivity contribution in [3.05, 3.63) is 59.1 Å². The van der Waals surface area contributed by atoms with E-state index in [1.165, 1.54) is 11.2 Å². The largest absolute Gasteiger partial charge is 0.326 e. The zero-order valence-corrected chi connectivity index (χ0v) is 18.2. The molecule has 0 radical (unpaired) electrons. The highest BCUT2D eigenvalue weighted by molar-refractivity contribution is 7.88. The minimum Gasteiger partial charge on any atom is -0.326 e. The number of anilines is 2. The van der Waals surface area contributed by atoms with Gasteiger partial charge in [-0.15, -0.1) is 0 Å². The monoisotopic (exact) mass is 449 g/mol. The third-order valence-electron chi connectivity index (χ3n) is 4.99. The molecule has 0 unspecified atom stereocenters. The molecule has 0 aromatic heterocycles. The van der Waals surface area contributed by atoms with Crippen LogP contribution in [0.15, 0.2) is 48.5 Å². The number of nitrogens with one attached hydrogen (secondary N) is 2. The molecule has 0 spiro atoms. The number of amides is 2. The fourth-order valence-corrected chi connectivity index (χ4v) is 5.26. The van der Waals surface area contributed by atoms with Crippen LogP contribution in [0.25, 0.3) is 0 Å². The Kier molecular flexibility index (Phi) is 7.12. The molecule has 7 nitrogen and oxygen atoms in total. The van der Waals surface area contributed by atoms with Gasteiger partial charge in [-0.25, -0.2) is 12.7 Å². The van der Waals surface area contributed by atoms with Gasteiger partial charge in [0.1, 0.15) is 0 Å². The Morgan fingerprint density at radius 2 is 1.57 bits per heavy atom. The van der Waals surface area contributed by atoms with Gasteiger partial charge in [0.05, 0.1) is 5.75 Å². The van der Waals surface area contributed by atoms with Crippen LogP contribution in [0.5, 0.6) is 0 Å². The summed E-state index contributed by atoms with van der Waals surface area (Å²) in [6, 6.07) is 13.7. The molecule has 3 rings (SSSR count). The van der Waals surface area contributed by atoms with E-state index in [9.17, 15) is 18.0 Å². The molecule has 0 atom stereocenters. The van der Waals surface area contributed by atoms with Crippen molar-refractivity contribution in [1.29, 1.82) is 0 Å². The molecule has 1 heterocycles. The van der Waals surface area contributed by atoms with Gasteiger partial charge in [0, 0.05) is 42.3 Å². The second kappa shape index (κ2) is 9.59. The van der Waals surface area contributed by atoms with Gasteiger partial charge in [-0.05, 0) is 48.7 Å². The first-order chi connectivity index (χ1) is 14.2. The lowest BCUT2D eigenvalue weighted by atomic mass is 9.97. The van der Waals surface area contributed by atoms with E-state index >= 15 is 0 Å². The van der Waals surface area contributed by atoms with Crippen molar-refractivity contribution in [3.8, 4) is 0 Å². The first kappa shape index (κ1) is 22.3. The average Bonchev–Trinajstić information content (AvgIpc) is 2.71. The first-order valence-corrected chi connectivity index (χ1v) is 11.6. The SMILES string of the molecule is CC(=O)Nc1ccc(NC(=O)C2CCN(S(=O)(=O)Cc3ccccc3Cl)CC2)cc1. The normalized spacial score (nSPS) is 15.5. The summed E-state index contributed by atoms with van der Waals surface area (Å²) in [6.45, 7) is 2.02. The number of nitrogens with zero attached hydrogens (tertiary/aromatic N) is 1. The van der Waals surface area contributed by atoms with Gasteiger partial charge in [0.15, 0.2) is 0 Å². The zero-order valence-electron chi connectivity index (χ0n) is 16.6. The van der Waals surface area contributed by atoms with E-state index in [4.69, 9.17) is 11.6 Å². The molecule has 0 saturated carbocycles. The van der Waals surface area contributed by atoms with E-state index in [1.807, 2.05) is 0 Å². The predicted octanol–water partition coefficient (Wildman–Crippen LogP) is 3.48. The van der Waals surface area contributed by atoms with E-state index in [2.05, 4.69) is 10.6 Å². The van der Waals surface area contributed by atoms with Crippen LogP contribution in [0.2, 0.25) is 5.02 Å². The van der Waals surface area contributed by atoms with E-state index < -0.39 is 10.0 Å². The molecule has 0 aliphatic carbocycles. The van der Waals surface area contributed by atoms with Crippen LogP contribution in [0.4, 0.5) is 11.4 Å². The topological polar surface area (TPSA) is 95.6 Å². The van der Waals surface area contributed by atoms with E-state index in [0.29, 0.717) is 47.9 Å². The lowest BCUT2D eigenvalue weighted by molar-refractivity contribution is -0.121. The number of piperidine rings is 1. The molecule has 1 aliphatic rings. The summed E-state index contributed by atoms with van der Waals surface area (Å²) in [5.41, 5.74) is 1.85. The van der Waals surface area contributed by atoms with Crippen molar-refractivity contribution in [2.24, 2.45) is 5.92 Å². The van der Waals surface area contributed by atoms with Gasteiger partial charge in [-0.2, -0.15) is 0 Å². The molecule has 1 fully saturated rings. The number of rotatable bonds is 6. The van der Waals surface area contributed by atoms with Crippen molar-refractivity contribution >= 4 is 44.8 Å². The standard InChI is InChI=1S/C21H24ClN3O4S/c1-15(26)23-18-6-8-19(9-7-18)24-21(27)16-10-12-25(13-11-16)30(28,29)14-17-4-2-3-5-20(17)22/h2-9,16H,10-14H2,1H3,(H,23,26)(H,24,27). The summed E-state index contributed by atoms with van der Waals surface area (Å²) in [7, 11) is -3.50. The molecule has 1 aliphatic heterocycles. The highest BCUT2D eigenvalue weighted by atomic mass is 35.5. The molecular weight excluding hydrogens is 426 g/mol. The lowest BCUT2D eigenvalue weighted by Crippen LogP contribution is -2.41. The van der Waals surface area contributed by atoms with Gasteiger partial charge < -0.3 is 10.6 Å². The van der Waals surface area contributed by atoms with Crippen molar-refractivity contribution in [2.75, 3.05) is 23.7 Å². The quantitative estimate of drug-likeness (QED) is 0.705. The van der Waals surface area contributed by atoms with Gasteiger partial charge >= 0.3 is 0 Å². The number of sulfonamides is 1. The molecular formula is C21H24ClN3O4S. The fraction of sp³-hybridized carbons (Fsp3) is 0.333. The average molecular weight is 450 g/mol. The summed E-state index contributed by atoms with van der Waals surface area (Å²) >= 11 is 6.09. The Morgan fingerprint density at radius 1 is 1.00 bits per heavy atom. The van der Waals surface area contributed by atoms with Crippen LogP contribution < -0.4 is 10.6 Å². The molecule has 2 aromatic carbocycles. The maximum absolute atomic E-state index is 12.7. The third-order valence-corrected chi connectivity index (χ3v) is 7.18. The Hall–Kier alpha value is -2.42. The fourth-order valence-electron chi connectivity index (χ4n) is 3.38. The highest BCUT2D eigenvalue weighted by Gasteiger charge is 2.31. The summed E-state index contributed by atoms with van der Waals surface area (Å²) in [5.74, 6) is -0.704. The minimum atomic E-state index is -3.50. The Morgan fingerprint density at radius 3 is 2.13 bits per heavy atom. The summed E-state index contributed by atoms with van der Waals surface area (Å²) in [5, 5.41) is 5.95. The summed E-state index contributed by atoms with van der Waals surface area (Å²) in [6.07, 6.45) is 0.912. The number of hydrogen-bond donors (Lipinski definition) is 2. The first-order valence-electron chi connectivity index (χ1n) is 9.64. The van der Waals surface area contributed by atoms with Gasteiger partial charge in [0.2, 0.25) is 21.8 Å². The van der Waals surface area contributed by atoms with Gasteiger partial charge in [-0.3, -0.25) is 9.59 Å². The molecule has 30 heavy (non-hydrogen) atoms. The predicted molar refractivity (Wildman–Crippen MR) is 118 cm³/mol. The maximum Gasteiger partial charge on any atom is 0.227 e. The van der Waals surface area contributed by atoms with Crippen molar-refractivity contribution < 1.29 is 18.0 Å². The molecule has 2 N–H and O–H groups in total. The van der Waals surface area contributed by atoms with Gasteiger partial charge in [-0.1, -0.05) is 29.8 Å². The van der Waals surface area contributed by atoms with E-state index in [1.54, 1.807) is 48.5 Å². The Balaban J connectivity index is 1.53. The van der Waals surface area contributed by atoms with Crippen molar-refractivity contribution in [1.82, 2.24) is 4.31 Å². The molecule has 0 bridgehead atoms. The molecule has 160 valence electrons. The van der Waals surface area contributed by atoms with Gasteiger partial charge in [0.25, 0.3) is 0 Å². The second-order valence-electron chi connectivity index (χ2n) is 7.27. The molecule has 2 aromatic rings. The number of benzene rings is 2. The van der Waals surface area contributed by atoms with Crippen LogP contribution in [0.3, 0.4) is 0 Å². The van der Waals surface area contributed by atoms with Crippen LogP contribution in [0, 0.1) is 5.92 Å². The number of carbonyl (C=O) groups excluding carboxylic acids is 2. The number of hydrogen-bond acceptors (Lipinski definition) is 4. The lowest BCUT2D eigenvalue weighted by Gasteiger charge is -2.30. The molecule has 2 amide bonds. The second-order valence-corrected chi connectivity index (χ2v) is 9.64. The summed E-state index contributed by atoms with van der Waals surface area (Å²) in [4.78, 5) is 23.6. The Bertz CT molecular complexity index is 1020. The number of halogens is 1. The van der Waals surface area contributed by atoms with E-state index in [0.717, 1.165) is 0 Å². The minimum absolute atomic E-state index is 0.134. The van der Waals surface area contributed by atoms with Crippen molar-refractivity contribution in [2.45, 2.75) is 25.5 Å². The zero-order chi connectivity index (χ0) is 21.7. The molecule has 9 heteroatoms. The number of carbonyl (C=O) groups is 2. The highest BCUT2D eigenvalue weighted by Crippen LogP contribution is 2.25. The van der Waals surface area contributed by atoms with E-state index in [-0.39, 0.29) is 23.5 Å². The van der Waals surface area contributed by atoms with Crippen molar-refractivity contribution in [3.63, 3.8) is 0 Å². The summed E-state index contributed by atoms with van der Waals surface area (Å²) < 4.78 is 26.9. The Labute approximate surface area is 181 Å². The van der Waals surface area contributed by atoms with Crippen LogP contribution in [0.1, 0.15) is 25.3 Å². The van der Waals surface area contributed by atoms with Crippen LogP contribution >= 0.6 is 11.6 Å². The third kappa shape index (κ3) is 5.81. The van der Waals surface area contributed by atoms with Crippen LogP contribution in [-0.4, -0.2) is 37.6 Å². The van der Waals surface area contributed by atoms with Crippen LogP contribution in [-0.2, 0) is 25.4 Å². The smallest absolute Gasteiger partial charge is 0.227 e. The maximum atomic E-state index is 12.7.